The fraction of sp³-hybridized carbons (Fsp3) is 0.0588. The van der Waals surface area contributed by atoms with E-state index in [2.05, 4.69) is 30.4 Å². The minimum Gasteiger partial charge on any atom is -0.506 e. The molecule has 134 valence electrons. The lowest BCUT2D eigenvalue weighted by Crippen LogP contribution is -2.19. The lowest BCUT2D eigenvalue weighted by atomic mass is 10.1. The Morgan fingerprint density at radius 1 is 1.04 bits per heavy atom. The minimum absolute atomic E-state index is 0.0311. The Labute approximate surface area is 150 Å². The van der Waals surface area contributed by atoms with Gasteiger partial charge in [-0.2, -0.15) is 0 Å². The topological polar surface area (TPSA) is 141 Å². The van der Waals surface area contributed by atoms with Crippen LogP contribution in [0.1, 0.15) is 0 Å². The molecule has 4 rings (SSSR count). The van der Waals surface area contributed by atoms with E-state index >= 15 is 0 Å². The van der Waals surface area contributed by atoms with Crippen LogP contribution >= 0.6 is 0 Å². The van der Waals surface area contributed by atoms with Crippen molar-refractivity contribution in [1.29, 1.82) is 0 Å². The number of nitrogens with one attached hydrogen (secondary N) is 2. The van der Waals surface area contributed by atoms with Gasteiger partial charge in [-0.3, -0.25) is 19.8 Å². The number of aryl methyl sites for hydroxylation is 1. The Morgan fingerprint density at radius 2 is 1.78 bits per heavy atom. The number of rotatable bonds is 3. The fourth-order valence-corrected chi connectivity index (χ4v) is 2.77. The number of aromatic amines is 2. The molecule has 0 fully saturated rings. The number of hydrogen-bond acceptors (Lipinski definition) is 7. The van der Waals surface area contributed by atoms with Gasteiger partial charge in [-0.25, -0.2) is 9.97 Å². The highest BCUT2D eigenvalue weighted by atomic mass is 16.3. The highest BCUT2D eigenvalue weighted by Gasteiger charge is 2.22. The maximum Gasteiger partial charge on any atom is 0.292 e. The van der Waals surface area contributed by atoms with E-state index in [0.717, 1.165) is 0 Å². The summed E-state index contributed by atoms with van der Waals surface area (Å²) in [6.45, 7) is 0. The molecule has 3 N–H and O–H groups in total. The van der Waals surface area contributed by atoms with Crippen molar-refractivity contribution in [3.63, 3.8) is 0 Å². The zero-order valence-corrected chi connectivity index (χ0v) is 14.0. The summed E-state index contributed by atoms with van der Waals surface area (Å²) in [5.74, 6) is -0.198. The van der Waals surface area contributed by atoms with Gasteiger partial charge in [0.25, 0.3) is 17.1 Å². The van der Waals surface area contributed by atoms with Gasteiger partial charge in [0.05, 0.1) is 5.52 Å². The number of para-hydroxylation sites is 1. The molecule has 0 saturated carbocycles. The predicted octanol–water partition coefficient (Wildman–Crippen LogP) is 2.13. The molecule has 1 aromatic carbocycles. The second-order valence-electron chi connectivity index (χ2n) is 5.66. The van der Waals surface area contributed by atoms with Crippen LogP contribution < -0.4 is 11.1 Å². The van der Waals surface area contributed by atoms with E-state index in [0.29, 0.717) is 10.9 Å². The Bertz CT molecular complexity index is 1290. The molecule has 10 nitrogen and oxygen atoms in total. The van der Waals surface area contributed by atoms with Crippen LogP contribution in [-0.2, 0) is 7.05 Å². The summed E-state index contributed by atoms with van der Waals surface area (Å²) in [6, 6.07) is 8.51. The first-order chi connectivity index (χ1) is 13.1. The number of H-pyrrole nitrogens is 2. The summed E-state index contributed by atoms with van der Waals surface area (Å²) in [4.78, 5) is 32.7. The molecular formula is C17H13N7O3. The quantitative estimate of drug-likeness (QED) is 0.478. The lowest BCUT2D eigenvalue weighted by molar-refractivity contribution is 0.481. The van der Waals surface area contributed by atoms with Crippen LogP contribution in [0.15, 0.2) is 62.5 Å². The van der Waals surface area contributed by atoms with Crippen molar-refractivity contribution < 1.29 is 5.11 Å². The highest BCUT2D eigenvalue weighted by Crippen LogP contribution is 2.35. The van der Waals surface area contributed by atoms with Crippen molar-refractivity contribution in [1.82, 2.24) is 24.7 Å². The Balaban J connectivity index is 1.95. The Hall–Kier alpha value is -4.08. The third kappa shape index (κ3) is 2.68. The smallest absolute Gasteiger partial charge is 0.292 e. The predicted molar refractivity (Wildman–Crippen MR) is 97.5 cm³/mol. The largest absolute Gasteiger partial charge is 0.506 e. The van der Waals surface area contributed by atoms with Crippen LogP contribution in [0.25, 0.3) is 22.2 Å². The molecule has 4 aromatic rings. The molecule has 0 unspecified atom stereocenters. The van der Waals surface area contributed by atoms with E-state index in [9.17, 15) is 14.7 Å². The van der Waals surface area contributed by atoms with Crippen LogP contribution in [0.5, 0.6) is 5.75 Å². The molecular weight excluding hydrogens is 350 g/mol. The first kappa shape index (κ1) is 16.4. The Kier molecular flexibility index (Phi) is 3.84. The molecule has 0 atom stereocenters. The van der Waals surface area contributed by atoms with Crippen molar-refractivity contribution in [2.24, 2.45) is 17.3 Å². The van der Waals surface area contributed by atoms with Crippen LogP contribution in [0, 0.1) is 0 Å². The molecule has 0 aliphatic rings. The van der Waals surface area contributed by atoms with E-state index in [1.54, 1.807) is 37.4 Å². The molecule has 3 aromatic heterocycles. The highest BCUT2D eigenvalue weighted by molar-refractivity contribution is 5.93. The van der Waals surface area contributed by atoms with Crippen molar-refractivity contribution in [2.75, 3.05) is 0 Å². The van der Waals surface area contributed by atoms with Gasteiger partial charge in [-0.05, 0) is 18.2 Å². The first-order valence-corrected chi connectivity index (χ1v) is 7.88. The zero-order valence-electron chi connectivity index (χ0n) is 14.0. The number of aromatic nitrogens is 5. The van der Waals surface area contributed by atoms with Crippen molar-refractivity contribution in [3.05, 3.63) is 63.4 Å². The van der Waals surface area contributed by atoms with E-state index in [1.807, 2.05) is 0 Å². The van der Waals surface area contributed by atoms with Crippen molar-refractivity contribution in [2.45, 2.75) is 0 Å². The minimum atomic E-state index is -0.598. The molecule has 0 aliphatic carbocycles. The van der Waals surface area contributed by atoms with Gasteiger partial charge in [-0.1, -0.05) is 12.1 Å². The lowest BCUT2D eigenvalue weighted by Gasteiger charge is -2.10. The number of benzene rings is 1. The number of nitrogens with zero attached hydrogens (tertiary/aromatic N) is 5. The SMILES string of the molecule is Cn1c(=O)c(-c2[nH][nH]c(=O)c2N=Nc2ncccn2)c(O)c2ccccc21. The Morgan fingerprint density at radius 3 is 2.56 bits per heavy atom. The average molecular weight is 363 g/mol. The molecule has 0 amide bonds. The summed E-state index contributed by atoms with van der Waals surface area (Å²) < 4.78 is 1.39. The second kappa shape index (κ2) is 6.33. The van der Waals surface area contributed by atoms with Crippen LogP contribution in [0.2, 0.25) is 0 Å². The van der Waals surface area contributed by atoms with Crippen LogP contribution in [0.4, 0.5) is 11.6 Å². The number of fused-ring (bicyclic) bond motifs is 1. The average Bonchev–Trinajstić information content (AvgIpc) is 3.06. The second-order valence-corrected chi connectivity index (χ2v) is 5.66. The van der Waals surface area contributed by atoms with Crippen molar-refractivity contribution in [3.8, 4) is 17.0 Å². The van der Waals surface area contributed by atoms with E-state index in [1.165, 1.54) is 17.0 Å². The first-order valence-electron chi connectivity index (χ1n) is 7.88. The van der Waals surface area contributed by atoms with Gasteiger partial charge < -0.3 is 9.67 Å². The normalized spacial score (nSPS) is 11.4. The van der Waals surface area contributed by atoms with Gasteiger partial charge in [0.1, 0.15) is 17.0 Å². The molecule has 3 heterocycles. The van der Waals surface area contributed by atoms with E-state index < -0.39 is 11.1 Å². The molecule has 27 heavy (non-hydrogen) atoms. The monoisotopic (exact) mass is 363 g/mol. The maximum absolute atomic E-state index is 12.8. The number of aromatic hydroxyl groups is 1. The zero-order chi connectivity index (χ0) is 19.0. The van der Waals surface area contributed by atoms with E-state index in [4.69, 9.17) is 0 Å². The van der Waals surface area contributed by atoms with E-state index in [-0.39, 0.29) is 28.6 Å². The molecule has 0 saturated heterocycles. The van der Waals surface area contributed by atoms with Crippen LogP contribution in [0.3, 0.4) is 0 Å². The van der Waals surface area contributed by atoms with Crippen LogP contribution in [-0.4, -0.2) is 29.8 Å². The summed E-state index contributed by atoms with van der Waals surface area (Å²) in [5.41, 5.74) is -0.748. The molecule has 0 aliphatic heterocycles. The van der Waals surface area contributed by atoms with Gasteiger partial charge in [0, 0.05) is 24.8 Å². The molecule has 0 spiro atoms. The van der Waals surface area contributed by atoms with Gasteiger partial charge in [-0.15, -0.1) is 10.2 Å². The standard InChI is InChI=1S/C17H13N7O3/c1-24-10-6-3-2-5-9(10)14(25)11(16(24)27)12-13(15(26)22-20-12)21-23-17-18-7-4-8-19-17/h2-8,25H,1H3,(H2,20,22,26). The molecule has 10 heteroatoms. The van der Waals surface area contributed by atoms with Gasteiger partial charge in [0.2, 0.25) is 0 Å². The summed E-state index contributed by atoms with van der Waals surface area (Å²) in [7, 11) is 1.58. The summed E-state index contributed by atoms with van der Waals surface area (Å²) in [6.07, 6.45) is 2.96. The van der Waals surface area contributed by atoms with Gasteiger partial charge in [0.15, 0.2) is 5.69 Å². The maximum atomic E-state index is 12.8. The number of pyridine rings is 1. The summed E-state index contributed by atoms with van der Waals surface area (Å²) >= 11 is 0. The van der Waals surface area contributed by atoms with Gasteiger partial charge >= 0.3 is 0 Å². The third-order valence-electron chi connectivity index (χ3n) is 4.07. The molecule has 0 radical (unpaired) electrons. The third-order valence-corrected chi connectivity index (χ3v) is 4.07. The van der Waals surface area contributed by atoms with Crippen molar-refractivity contribution >= 4 is 22.5 Å². The number of azo groups is 1. The molecule has 0 bridgehead atoms. The number of hydrogen-bond donors (Lipinski definition) is 3. The fourth-order valence-electron chi connectivity index (χ4n) is 2.77. The summed E-state index contributed by atoms with van der Waals surface area (Å²) in [5, 5.41) is 23.8.